The Morgan fingerprint density at radius 1 is 1.50 bits per heavy atom. The van der Waals surface area contributed by atoms with E-state index >= 15 is 0 Å². The highest BCUT2D eigenvalue weighted by Gasteiger charge is 2.42. The van der Waals surface area contributed by atoms with Crippen LogP contribution in [0.3, 0.4) is 0 Å². The van der Waals surface area contributed by atoms with Gasteiger partial charge in [0, 0.05) is 11.5 Å². The first-order valence-corrected chi connectivity index (χ1v) is 5.36. The number of ether oxygens (including phenoxy) is 2. The van der Waals surface area contributed by atoms with Gasteiger partial charge in [0.1, 0.15) is 12.2 Å². The monoisotopic (exact) mass is 221 g/mol. The number of rotatable bonds is 3. The van der Waals surface area contributed by atoms with Gasteiger partial charge in [-0.15, -0.1) is 0 Å². The predicted molar refractivity (Wildman–Crippen MR) is 59.7 cm³/mol. The molecule has 0 amide bonds. The standard InChI is InChI=1S/C11H15N3O2/c1-11(2)15-9-5-3-4-8(10(9)16-11)6-7-13-14-12/h3-5,9-10H,6-7H2,1-2H3/t9-,10+/m0/s1. The molecule has 2 atom stereocenters. The molecule has 1 saturated heterocycles. The Bertz CT molecular complexity index is 381. The summed E-state index contributed by atoms with van der Waals surface area (Å²) in [6.45, 7) is 4.28. The lowest BCUT2D eigenvalue weighted by Gasteiger charge is -2.20. The van der Waals surface area contributed by atoms with Crippen molar-refractivity contribution in [1.82, 2.24) is 0 Å². The zero-order valence-electron chi connectivity index (χ0n) is 9.46. The van der Waals surface area contributed by atoms with Crippen molar-refractivity contribution in [2.75, 3.05) is 6.54 Å². The van der Waals surface area contributed by atoms with Crippen LogP contribution in [-0.2, 0) is 9.47 Å². The molecule has 1 aliphatic carbocycles. The molecule has 0 radical (unpaired) electrons. The molecule has 5 heteroatoms. The maximum absolute atomic E-state index is 8.24. The van der Waals surface area contributed by atoms with Crippen molar-refractivity contribution in [2.24, 2.45) is 5.11 Å². The molecule has 0 spiro atoms. The molecule has 5 nitrogen and oxygen atoms in total. The Labute approximate surface area is 94.4 Å². The van der Waals surface area contributed by atoms with Gasteiger partial charge < -0.3 is 9.47 Å². The molecule has 16 heavy (non-hydrogen) atoms. The first-order valence-electron chi connectivity index (χ1n) is 5.36. The Morgan fingerprint density at radius 3 is 3.06 bits per heavy atom. The molecule has 2 aliphatic rings. The van der Waals surface area contributed by atoms with Crippen LogP contribution in [0.2, 0.25) is 0 Å². The van der Waals surface area contributed by atoms with Crippen LogP contribution < -0.4 is 0 Å². The maximum Gasteiger partial charge on any atom is 0.164 e. The van der Waals surface area contributed by atoms with Gasteiger partial charge in [-0.25, -0.2) is 0 Å². The molecule has 1 aliphatic heterocycles. The fourth-order valence-electron chi connectivity index (χ4n) is 2.05. The third-order valence-electron chi connectivity index (χ3n) is 2.67. The Kier molecular flexibility index (Phi) is 3.01. The quantitative estimate of drug-likeness (QED) is 0.417. The summed E-state index contributed by atoms with van der Waals surface area (Å²) in [5, 5.41) is 3.54. The summed E-state index contributed by atoms with van der Waals surface area (Å²) in [7, 11) is 0. The van der Waals surface area contributed by atoms with Gasteiger partial charge in [0.2, 0.25) is 0 Å². The van der Waals surface area contributed by atoms with Crippen molar-refractivity contribution < 1.29 is 9.47 Å². The smallest absolute Gasteiger partial charge is 0.164 e. The van der Waals surface area contributed by atoms with E-state index in [1.165, 1.54) is 0 Å². The molecule has 86 valence electrons. The fraction of sp³-hybridized carbons (Fsp3) is 0.636. The third-order valence-corrected chi connectivity index (χ3v) is 2.67. The summed E-state index contributed by atoms with van der Waals surface area (Å²) < 4.78 is 11.6. The highest BCUT2D eigenvalue weighted by atomic mass is 16.7. The van der Waals surface area contributed by atoms with Crippen LogP contribution in [-0.4, -0.2) is 24.5 Å². The molecule has 0 bridgehead atoms. The lowest BCUT2D eigenvalue weighted by molar-refractivity contribution is -0.139. The molecule has 0 saturated carbocycles. The third kappa shape index (κ3) is 2.27. The molecule has 0 aromatic heterocycles. The Morgan fingerprint density at radius 2 is 2.31 bits per heavy atom. The minimum Gasteiger partial charge on any atom is -0.340 e. The van der Waals surface area contributed by atoms with Gasteiger partial charge in [-0.2, -0.15) is 0 Å². The van der Waals surface area contributed by atoms with E-state index in [9.17, 15) is 0 Å². The summed E-state index contributed by atoms with van der Waals surface area (Å²) in [5.41, 5.74) is 9.37. The normalized spacial score (nSPS) is 30.5. The van der Waals surface area contributed by atoms with Crippen molar-refractivity contribution in [3.8, 4) is 0 Å². The summed E-state index contributed by atoms with van der Waals surface area (Å²) >= 11 is 0. The Hall–Kier alpha value is -1.29. The number of azide groups is 1. The van der Waals surface area contributed by atoms with Gasteiger partial charge in [-0.3, -0.25) is 0 Å². The SMILES string of the molecule is CC1(C)O[C@H]2C=CC=C(CCN=[N+]=[N-])[C@H]2O1. The lowest BCUT2D eigenvalue weighted by Crippen LogP contribution is -2.25. The lowest BCUT2D eigenvalue weighted by atomic mass is 9.97. The van der Waals surface area contributed by atoms with E-state index in [0.29, 0.717) is 6.54 Å². The summed E-state index contributed by atoms with van der Waals surface area (Å²) in [6.07, 6.45) is 6.65. The van der Waals surface area contributed by atoms with Crippen LogP contribution in [0.25, 0.3) is 10.4 Å². The number of fused-ring (bicyclic) bond motifs is 1. The average Bonchev–Trinajstić information content (AvgIpc) is 2.53. The molecule has 0 unspecified atom stereocenters. The van der Waals surface area contributed by atoms with Crippen LogP contribution in [0.15, 0.2) is 28.9 Å². The van der Waals surface area contributed by atoms with Crippen LogP contribution in [0.4, 0.5) is 0 Å². The first-order chi connectivity index (χ1) is 7.62. The van der Waals surface area contributed by atoms with E-state index in [4.69, 9.17) is 15.0 Å². The Balaban J connectivity index is 2.06. The number of allylic oxidation sites excluding steroid dienone is 2. The van der Waals surface area contributed by atoms with Gasteiger partial charge >= 0.3 is 0 Å². The number of nitrogens with zero attached hydrogens (tertiary/aromatic N) is 3. The zero-order valence-corrected chi connectivity index (χ0v) is 9.46. The van der Waals surface area contributed by atoms with Gasteiger partial charge in [0.15, 0.2) is 5.79 Å². The van der Waals surface area contributed by atoms with Crippen molar-refractivity contribution in [3.63, 3.8) is 0 Å². The summed E-state index contributed by atoms with van der Waals surface area (Å²) in [6, 6.07) is 0. The van der Waals surface area contributed by atoms with Crippen LogP contribution >= 0.6 is 0 Å². The van der Waals surface area contributed by atoms with Crippen LogP contribution in [0.1, 0.15) is 20.3 Å². The van der Waals surface area contributed by atoms with E-state index in [2.05, 4.69) is 10.0 Å². The van der Waals surface area contributed by atoms with Gasteiger partial charge in [0.25, 0.3) is 0 Å². The van der Waals surface area contributed by atoms with Gasteiger partial charge in [0.05, 0.1) is 0 Å². The molecular formula is C11H15N3O2. The predicted octanol–water partition coefficient (Wildman–Crippen LogP) is 2.70. The highest BCUT2D eigenvalue weighted by molar-refractivity contribution is 5.27. The van der Waals surface area contributed by atoms with Crippen molar-refractivity contribution >= 4 is 0 Å². The second-order valence-corrected chi connectivity index (χ2v) is 4.35. The number of hydrogen-bond acceptors (Lipinski definition) is 3. The van der Waals surface area contributed by atoms with E-state index < -0.39 is 5.79 Å². The molecule has 0 aromatic rings. The second kappa shape index (κ2) is 4.29. The van der Waals surface area contributed by atoms with Crippen molar-refractivity contribution in [2.45, 2.75) is 38.3 Å². The van der Waals surface area contributed by atoms with Crippen LogP contribution in [0.5, 0.6) is 0 Å². The molecule has 2 rings (SSSR count). The van der Waals surface area contributed by atoms with E-state index in [0.717, 1.165) is 12.0 Å². The molecule has 0 N–H and O–H groups in total. The zero-order chi connectivity index (χ0) is 11.6. The minimum atomic E-state index is -0.540. The van der Waals surface area contributed by atoms with Crippen molar-refractivity contribution in [1.29, 1.82) is 0 Å². The fourth-order valence-corrected chi connectivity index (χ4v) is 2.05. The minimum absolute atomic E-state index is 0.0129. The number of hydrogen-bond donors (Lipinski definition) is 0. The van der Waals surface area contributed by atoms with E-state index in [-0.39, 0.29) is 12.2 Å². The second-order valence-electron chi connectivity index (χ2n) is 4.35. The summed E-state index contributed by atoms with van der Waals surface area (Å²) in [5.74, 6) is -0.540. The summed E-state index contributed by atoms with van der Waals surface area (Å²) in [4.78, 5) is 2.74. The molecular weight excluding hydrogens is 206 g/mol. The molecule has 0 aromatic carbocycles. The van der Waals surface area contributed by atoms with Crippen molar-refractivity contribution in [3.05, 3.63) is 34.2 Å². The molecule has 1 heterocycles. The van der Waals surface area contributed by atoms with Crippen LogP contribution in [0, 0.1) is 0 Å². The maximum atomic E-state index is 8.24. The van der Waals surface area contributed by atoms with Gasteiger partial charge in [-0.1, -0.05) is 23.3 Å². The largest absolute Gasteiger partial charge is 0.340 e. The highest BCUT2D eigenvalue weighted by Crippen LogP contribution is 2.35. The van der Waals surface area contributed by atoms with E-state index in [1.807, 2.05) is 32.1 Å². The van der Waals surface area contributed by atoms with E-state index in [1.54, 1.807) is 0 Å². The van der Waals surface area contributed by atoms with Gasteiger partial charge in [-0.05, 0) is 31.4 Å². The molecule has 1 fully saturated rings. The topological polar surface area (TPSA) is 67.2 Å². The first kappa shape index (κ1) is 11.2. The average molecular weight is 221 g/mol.